The van der Waals surface area contributed by atoms with Crippen molar-refractivity contribution in [2.24, 2.45) is 0 Å². The van der Waals surface area contributed by atoms with Crippen LogP contribution in [0.1, 0.15) is 51.0 Å². The molecule has 1 aromatic carbocycles. The van der Waals surface area contributed by atoms with Crippen LogP contribution in [-0.4, -0.2) is 63.2 Å². The molecular weight excluding hydrogens is 462 g/mol. The minimum atomic E-state index is -0.214. The Kier molecular flexibility index (Phi) is 7.13. The molecule has 1 atom stereocenters. The van der Waals surface area contributed by atoms with Crippen molar-refractivity contribution in [2.45, 2.75) is 31.7 Å². The van der Waals surface area contributed by atoms with Gasteiger partial charge in [-0.3, -0.25) is 9.69 Å². The van der Waals surface area contributed by atoms with Gasteiger partial charge in [-0.1, -0.05) is 0 Å². The van der Waals surface area contributed by atoms with Gasteiger partial charge in [0, 0.05) is 48.2 Å². The van der Waals surface area contributed by atoms with E-state index in [0.717, 1.165) is 67.5 Å². The summed E-state index contributed by atoms with van der Waals surface area (Å²) in [5.41, 5.74) is 3.69. The Morgan fingerprint density at radius 2 is 1.89 bits per heavy atom. The van der Waals surface area contributed by atoms with Crippen molar-refractivity contribution in [2.75, 3.05) is 52.8 Å². The Morgan fingerprint density at radius 1 is 1.09 bits per heavy atom. The van der Waals surface area contributed by atoms with E-state index in [1.165, 1.54) is 28.7 Å². The molecule has 186 valence electrons. The Bertz CT molecular complexity index is 1170. The van der Waals surface area contributed by atoms with E-state index in [4.69, 9.17) is 13.9 Å². The number of ether oxygens (including phenoxy) is 2. The number of carbonyl (C=O) groups excluding carboxylic acids is 1. The normalized spacial score (nSPS) is 17.6. The van der Waals surface area contributed by atoms with Crippen LogP contribution in [0, 0.1) is 0 Å². The van der Waals surface area contributed by atoms with Gasteiger partial charge in [-0.05, 0) is 62.6 Å². The van der Waals surface area contributed by atoms with E-state index in [-0.39, 0.29) is 11.9 Å². The number of methoxy groups -OCH3 is 2. The van der Waals surface area contributed by atoms with Crippen LogP contribution >= 0.6 is 11.3 Å². The van der Waals surface area contributed by atoms with E-state index in [0.29, 0.717) is 5.76 Å². The number of likely N-dealkylation sites (N-methyl/N-ethyl adjacent to an activating group) is 1. The van der Waals surface area contributed by atoms with Gasteiger partial charge < -0.3 is 24.1 Å². The molecule has 2 aromatic heterocycles. The molecule has 1 fully saturated rings. The van der Waals surface area contributed by atoms with E-state index in [1.807, 2.05) is 12.1 Å². The van der Waals surface area contributed by atoms with Gasteiger partial charge >= 0.3 is 0 Å². The molecule has 2 aliphatic rings. The van der Waals surface area contributed by atoms with Crippen LogP contribution in [0.15, 0.2) is 41.0 Å². The fourth-order valence-corrected chi connectivity index (χ4v) is 6.52. The quantitative estimate of drug-likeness (QED) is 0.507. The lowest BCUT2D eigenvalue weighted by molar-refractivity contribution is 0.0996. The lowest BCUT2D eigenvalue weighted by Gasteiger charge is -2.39. The number of benzene rings is 1. The number of fused-ring (bicyclic) bond motifs is 1. The predicted octanol–water partition coefficient (Wildman–Crippen LogP) is 4.83. The van der Waals surface area contributed by atoms with E-state index >= 15 is 0 Å². The maximum atomic E-state index is 13.1. The summed E-state index contributed by atoms with van der Waals surface area (Å²) in [5.74, 6) is 1.67. The maximum Gasteiger partial charge on any atom is 0.291 e. The second kappa shape index (κ2) is 10.4. The third-order valence-electron chi connectivity index (χ3n) is 7.10. The molecule has 7 nitrogen and oxygen atoms in total. The van der Waals surface area contributed by atoms with Crippen molar-refractivity contribution >= 4 is 22.2 Å². The molecule has 0 radical (unpaired) electrons. The zero-order chi connectivity index (χ0) is 24.4. The maximum absolute atomic E-state index is 13.1. The monoisotopic (exact) mass is 495 g/mol. The highest BCUT2D eigenvalue weighted by molar-refractivity contribution is 7.16. The molecule has 0 saturated carbocycles. The largest absolute Gasteiger partial charge is 0.497 e. The molecule has 8 heteroatoms. The summed E-state index contributed by atoms with van der Waals surface area (Å²) in [6.45, 7) is 3.86. The van der Waals surface area contributed by atoms with Gasteiger partial charge in [0.15, 0.2) is 5.76 Å². The van der Waals surface area contributed by atoms with Gasteiger partial charge in [0.2, 0.25) is 0 Å². The van der Waals surface area contributed by atoms with Gasteiger partial charge in [0.1, 0.15) is 16.5 Å². The SMILES string of the molecule is COc1ccc([C@@H](c2c(NC(=O)c3ccco3)sc3c2CCCC3)N2CCN(C)CC2)c(OC)c1. The second-order valence-electron chi connectivity index (χ2n) is 9.23. The van der Waals surface area contributed by atoms with Crippen molar-refractivity contribution in [1.29, 1.82) is 0 Å². The van der Waals surface area contributed by atoms with Crippen LogP contribution in [-0.2, 0) is 12.8 Å². The summed E-state index contributed by atoms with van der Waals surface area (Å²) >= 11 is 1.72. The Morgan fingerprint density at radius 3 is 2.60 bits per heavy atom. The van der Waals surface area contributed by atoms with Crippen LogP contribution in [0.25, 0.3) is 0 Å². The fraction of sp³-hybridized carbons (Fsp3) is 0.444. The minimum absolute atomic E-state index is 0.0328. The Hall–Kier alpha value is -2.81. The number of carbonyl (C=O) groups is 1. The van der Waals surface area contributed by atoms with Crippen LogP contribution < -0.4 is 14.8 Å². The first kappa shape index (κ1) is 23.9. The standard InChI is InChI=1S/C27H33N3O4S/c1-29-12-14-30(15-13-29)25(19-11-10-18(32-2)17-22(19)33-3)24-20-7-4-5-9-23(20)35-27(24)28-26(31)21-8-6-16-34-21/h6,8,10-11,16-17,25H,4-5,7,9,12-15H2,1-3H3,(H,28,31)/t25-/m0/s1. The molecule has 3 aromatic rings. The van der Waals surface area contributed by atoms with Gasteiger partial charge in [0.25, 0.3) is 5.91 Å². The van der Waals surface area contributed by atoms with Crippen LogP contribution in [0.4, 0.5) is 5.00 Å². The van der Waals surface area contributed by atoms with E-state index in [2.05, 4.69) is 28.2 Å². The summed E-state index contributed by atoms with van der Waals surface area (Å²) in [6, 6.07) is 9.48. The van der Waals surface area contributed by atoms with Gasteiger partial charge in [-0.25, -0.2) is 0 Å². The molecule has 0 unspecified atom stereocenters. The highest BCUT2D eigenvalue weighted by Crippen LogP contribution is 2.47. The van der Waals surface area contributed by atoms with Gasteiger partial charge in [0.05, 0.1) is 26.5 Å². The van der Waals surface area contributed by atoms with Gasteiger partial charge in [-0.15, -0.1) is 11.3 Å². The van der Waals surface area contributed by atoms with Crippen molar-refractivity contribution in [3.05, 3.63) is 63.9 Å². The number of hydrogen-bond acceptors (Lipinski definition) is 7. The fourth-order valence-electron chi connectivity index (χ4n) is 5.20. The van der Waals surface area contributed by atoms with Gasteiger partial charge in [-0.2, -0.15) is 0 Å². The van der Waals surface area contributed by atoms with E-state index < -0.39 is 0 Å². The number of nitrogens with zero attached hydrogens (tertiary/aromatic N) is 2. The summed E-state index contributed by atoms with van der Waals surface area (Å²) in [6.07, 6.45) is 5.96. The lowest BCUT2D eigenvalue weighted by Crippen LogP contribution is -2.46. The molecular formula is C27H33N3O4S. The van der Waals surface area contributed by atoms with Crippen LogP contribution in [0.2, 0.25) is 0 Å². The van der Waals surface area contributed by atoms with Crippen LogP contribution in [0.5, 0.6) is 11.5 Å². The third-order valence-corrected chi connectivity index (χ3v) is 8.32. The Balaban J connectivity index is 1.64. The van der Waals surface area contributed by atoms with Crippen molar-refractivity contribution in [1.82, 2.24) is 9.80 Å². The van der Waals surface area contributed by atoms with E-state index in [1.54, 1.807) is 37.7 Å². The van der Waals surface area contributed by atoms with Crippen molar-refractivity contribution < 1.29 is 18.7 Å². The third kappa shape index (κ3) is 4.83. The van der Waals surface area contributed by atoms with E-state index in [9.17, 15) is 4.79 Å². The first-order chi connectivity index (χ1) is 17.1. The average molecular weight is 496 g/mol. The summed E-state index contributed by atoms with van der Waals surface area (Å²) < 4.78 is 16.8. The number of thiophene rings is 1. The topological polar surface area (TPSA) is 67.2 Å². The summed E-state index contributed by atoms with van der Waals surface area (Å²) in [4.78, 5) is 19.3. The molecule has 1 aliphatic carbocycles. The molecule has 1 aliphatic heterocycles. The molecule has 35 heavy (non-hydrogen) atoms. The number of rotatable bonds is 7. The Labute approximate surface area is 210 Å². The molecule has 0 spiro atoms. The molecule has 3 heterocycles. The van der Waals surface area contributed by atoms with Crippen molar-refractivity contribution in [3.8, 4) is 11.5 Å². The molecule has 1 N–H and O–H groups in total. The molecule has 1 saturated heterocycles. The first-order valence-electron chi connectivity index (χ1n) is 12.2. The highest BCUT2D eigenvalue weighted by Gasteiger charge is 2.35. The summed E-state index contributed by atoms with van der Waals surface area (Å²) in [7, 11) is 5.55. The minimum Gasteiger partial charge on any atom is -0.497 e. The first-order valence-corrected chi connectivity index (χ1v) is 13.0. The highest BCUT2D eigenvalue weighted by atomic mass is 32.1. The zero-order valence-electron chi connectivity index (χ0n) is 20.6. The molecule has 5 rings (SSSR count). The average Bonchev–Trinajstić information content (AvgIpc) is 3.54. The van der Waals surface area contributed by atoms with Crippen LogP contribution in [0.3, 0.4) is 0 Å². The number of hydrogen-bond donors (Lipinski definition) is 1. The predicted molar refractivity (Wildman–Crippen MR) is 138 cm³/mol. The number of furan rings is 1. The second-order valence-corrected chi connectivity index (χ2v) is 10.3. The number of aryl methyl sites for hydroxylation is 1. The number of nitrogens with one attached hydrogen (secondary N) is 1. The molecule has 1 amide bonds. The number of anilines is 1. The summed E-state index contributed by atoms with van der Waals surface area (Å²) in [5, 5.41) is 4.13. The number of amides is 1. The van der Waals surface area contributed by atoms with Crippen molar-refractivity contribution in [3.63, 3.8) is 0 Å². The number of piperazine rings is 1. The molecule has 0 bridgehead atoms. The lowest BCUT2D eigenvalue weighted by atomic mass is 9.88. The zero-order valence-corrected chi connectivity index (χ0v) is 21.5. The smallest absolute Gasteiger partial charge is 0.291 e.